The zero-order chi connectivity index (χ0) is 9.52. The number of hydrogen-bond donors (Lipinski definition) is 2. The van der Waals surface area contributed by atoms with Crippen molar-refractivity contribution in [2.75, 3.05) is 13.1 Å². The molecule has 1 rings (SSSR count). The van der Waals surface area contributed by atoms with Gasteiger partial charge >= 0.3 is 0 Å². The molecule has 0 amide bonds. The van der Waals surface area contributed by atoms with Gasteiger partial charge in [-0.3, -0.25) is 0 Å². The predicted molar refractivity (Wildman–Crippen MR) is 54.3 cm³/mol. The van der Waals surface area contributed by atoms with E-state index in [1.165, 1.54) is 6.42 Å². The quantitative estimate of drug-likeness (QED) is 0.504. The maximum absolute atomic E-state index is 9.29. The first-order valence-corrected chi connectivity index (χ1v) is 5.11. The van der Waals surface area contributed by atoms with Gasteiger partial charge in [0.05, 0.1) is 6.10 Å². The predicted octanol–water partition coefficient (Wildman–Crippen LogP) is 1.15. The van der Waals surface area contributed by atoms with E-state index >= 15 is 0 Å². The molecule has 0 aromatic rings. The van der Waals surface area contributed by atoms with Crippen molar-refractivity contribution in [2.45, 2.75) is 38.7 Å². The summed E-state index contributed by atoms with van der Waals surface area (Å²) in [5.41, 5.74) is 0. The summed E-state index contributed by atoms with van der Waals surface area (Å²) >= 11 is 0. The topological polar surface area (TPSA) is 32.3 Å². The second-order valence-corrected chi connectivity index (χ2v) is 3.71. The van der Waals surface area contributed by atoms with Crippen molar-refractivity contribution in [1.29, 1.82) is 0 Å². The second kappa shape index (κ2) is 6.01. The van der Waals surface area contributed by atoms with Crippen LogP contribution in [-0.2, 0) is 0 Å². The van der Waals surface area contributed by atoms with Crippen molar-refractivity contribution in [3.63, 3.8) is 0 Å². The Bertz CT molecular complexity index is 192. The smallest absolute Gasteiger partial charge is 0.0543 e. The first kappa shape index (κ1) is 10.6. The van der Waals surface area contributed by atoms with Gasteiger partial charge in [-0.05, 0) is 38.6 Å². The van der Waals surface area contributed by atoms with Crippen LogP contribution in [0.5, 0.6) is 0 Å². The number of aliphatic hydroxyl groups excluding tert-OH is 1. The van der Waals surface area contributed by atoms with Crippen molar-refractivity contribution >= 4 is 0 Å². The number of rotatable bonds is 4. The van der Waals surface area contributed by atoms with Crippen LogP contribution >= 0.6 is 0 Å². The standard InChI is InChI=1S/C11H19NO/c1-2-3-4-7-12-9-10-5-6-11(13)8-10/h10-13H,4-9H2,1H3. The molecule has 2 nitrogen and oxygen atoms in total. The molecule has 74 valence electrons. The number of hydrogen-bond acceptors (Lipinski definition) is 2. The fraction of sp³-hybridized carbons (Fsp3) is 0.818. The summed E-state index contributed by atoms with van der Waals surface area (Å²) in [5, 5.41) is 12.7. The highest BCUT2D eigenvalue weighted by atomic mass is 16.3. The fourth-order valence-corrected chi connectivity index (χ4v) is 1.82. The van der Waals surface area contributed by atoms with E-state index in [1.807, 2.05) is 6.92 Å². The summed E-state index contributed by atoms with van der Waals surface area (Å²) in [5.74, 6) is 6.58. The Balaban J connectivity index is 1.96. The van der Waals surface area contributed by atoms with Gasteiger partial charge in [0.15, 0.2) is 0 Å². The Labute approximate surface area is 80.7 Å². The van der Waals surface area contributed by atoms with Crippen LogP contribution in [0.3, 0.4) is 0 Å². The third kappa shape index (κ3) is 4.31. The van der Waals surface area contributed by atoms with Gasteiger partial charge in [-0.25, -0.2) is 0 Å². The highest BCUT2D eigenvalue weighted by Gasteiger charge is 2.21. The van der Waals surface area contributed by atoms with Crippen molar-refractivity contribution in [1.82, 2.24) is 5.32 Å². The van der Waals surface area contributed by atoms with Crippen LogP contribution in [0, 0.1) is 17.8 Å². The lowest BCUT2D eigenvalue weighted by atomic mass is 10.1. The zero-order valence-electron chi connectivity index (χ0n) is 8.34. The molecule has 1 aliphatic rings. The molecule has 2 N–H and O–H groups in total. The molecule has 13 heavy (non-hydrogen) atoms. The van der Waals surface area contributed by atoms with E-state index in [2.05, 4.69) is 17.2 Å². The maximum atomic E-state index is 9.29. The molecule has 0 aliphatic heterocycles. The van der Waals surface area contributed by atoms with Crippen LogP contribution in [0.25, 0.3) is 0 Å². The highest BCUT2D eigenvalue weighted by Crippen LogP contribution is 2.24. The van der Waals surface area contributed by atoms with E-state index in [1.54, 1.807) is 0 Å². The molecule has 2 unspecified atom stereocenters. The molecule has 0 heterocycles. The van der Waals surface area contributed by atoms with Crippen LogP contribution in [0.1, 0.15) is 32.6 Å². The Morgan fingerprint density at radius 1 is 1.46 bits per heavy atom. The molecule has 0 aromatic heterocycles. The molecule has 1 fully saturated rings. The van der Waals surface area contributed by atoms with E-state index in [-0.39, 0.29) is 6.10 Å². The van der Waals surface area contributed by atoms with Crippen molar-refractivity contribution in [3.05, 3.63) is 0 Å². The fourth-order valence-electron chi connectivity index (χ4n) is 1.82. The van der Waals surface area contributed by atoms with Gasteiger partial charge in [0, 0.05) is 13.0 Å². The summed E-state index contributed by atoms with van der Waals surface area (Å²) in [6.07, 6.45) is 4.04. The molecule has 0 spiro atoms. The summed E-state index contributed by atoms with van der Waals surface area (Å²) in [6, 6.07) is 0. The van der Waals surface area contributed by atoms with Crippen molar-refractivity contribution < 1.29 is 5.11 Å². The lowest BCUT2D eigenvalue weighted by Crippen LogP contribution is -2.22. The van der Waals surface area contributed by atoms with E-state index in [0.717, 1.165) is 32.4 Å². The number of aliphatic hydroxyl groups is 1. The van der Waals surface area contributed by atoms with Gasteiger partial charge in [-0.1, -0.05) is 0 Å². The van der Waals surface area contributed by atoms with Gasteiger partial charge in [0.2, 0.25) is 0 Å². The minimum Gasteiger partial charge on any atom is -0.393 e. The maximum Gasteiger partial charge on any atom is 0.0543 e. The Hall–Kier alpha value is -0.520. The van der Waals surface area contributed by atoms with Crippen LogP contribution < -0.4 is 5.32 Å². The van der Waals surface area contributed by atoms with Crippen LogP contribution in [0.4, 0.5) is 0 Å². The van der Waals surface area contributed by atoms with E-state index in [9.17, 15) is 5.11 Å². The monoisotopic (exact) mass is 181 g/mol. The Morgan fingerprint density at radius 2 is 2.31 bits per heavy atom. The van der Waals surface area contributed by atoms with Crippen LogP contribution in [0.2, 0.25) is 0 Å². The van der Waals surface area contributed by atoms with Gasteiger partial charge < -0.3 is 10.4 Å². The lowest BCUT2D eigenvalue weighted by molar-refractivity contribution is 0.177. The zero-order valence-corrected chi connectivity index (χ0v) is 8.34. The molecule has 1 aliphatic carbocycles. The first-order chi connectivity index (χ1) is 6.33. The van der Waals surface area contributed by atoms with Crippen LogP contribution in [-0.4, -0.2) is 24.3 Å². The van der Waals surface area contributed by atoms with Gasteiger partial charge in [-0.15, -0.1) is 11.8 Å². The summed E-state index contributed by atoms with van der Waals surface area (Å²) in [4.78, 5) is 0. The molecule has 0 radical (unpaired) electrons. The van der Waals surface area contributed by atoms with Gasteiger partial charge in [-0.2, -0.15) is 0 Å². The van der Waals surface area contributed by atoms with Gasteiger partial charge in [0.25, 0.3) is 0 Å². The molecule has 0 aromatic carbocycles. The molecule has 2 atom stereocenters. The molecule has 0 saturated heterocycles. The molecular formula is C11H19NO. The average Bonchev–Trinajstić information content (AvgIpc) is 2.51. The average molecular weight is 181 g/mol. The molecule has 0 bridgehead atoms. The number of nitrogens with one attached hydrogen (secondary N) is 1. The highest BCUT2D eigenvalue weighted by molar-refractivity contribution is 4.95. The van der Waals surface area contributed by atoms with E-state index in [0.29, 0.717) is 5.92 Å². The van der Waals surface area contributed by atoms with Crippen molar-refractivity contribution in [3.8, 4) is 11.8 Å². The minimum absolute atomic E-state index is 0.0396. The third-order valence-electron chi connectivity index (χ3n) is 2.55. The Kier molecular flexibility index (Phi) is 4.88. The summed E-state index contributed by atoms with van der Waals surface area (Å²) in [7, 11) is 0. The molecular weight excluding hydrogens is 162 g/mol. The van der Waals surface area contributed by atoms with E-state index in [4.69, 9.17) is 0 Å². The molecule has 2 heteroatoms. The third-order valence-corrected chi connectivity index (χ3v) is 2.55. The summed E-state index contributed by atoms with van der Waals surface area (Å²) in [6.45, 7) is 3.89. The van der Waals surface area contributed by atoms with E-state index < -0.39 is 0 Å². The van der Waals surface area contributed by atoms with Gasteiger partial charge in [0.1, 0.15) is 0 Å². The second-order valence-electron chi connectivity index (χ2n) is 3.71. The van der Waals surface area contributed by atoms with Crippen LogP contribution in [0.15, 0.2) is 0 Å². The minimum atomic E-state index is -0.0396. The molecule has 1 saturated carbocycles. The largest absolute Gasteiger partial charge is 0.393 e. The van der Waals surface area contributed by atoms with Crippen molar-refractivity contribution in [2.24, 2.45) is 5.92 Å². The first-order valence-electron chi connectivity index (χ1n) is 5.11. The normalized spacial score (nSPS) is 26.9. The Morgan fingerprint density at radius 3 is 2.92 bits per heavy atom. The lowest BCUT2D eigenvalue weighted by Gasteiger charge is -2.09. The summed E-state index contributed by atoms with van der Waals surface area (Å²) < 4.78 is 0. The SMILES string of the molecule is CC#CCCNCC1CCC(O)C1.